The molecule has 0 aliphatic rings. The topological polar surface area (TPSA) is 48.9 Å². The Bertz CT molecular complexity index is 827. The number of nitrogens with zero attached hydrogens (tertiary/aromatic N) is 2. The number of aliphatic imine (C=N–C) groups is 1. The van der Waals surface area contributed by atoms with E-state index >= 15 is 0 Å². The SMILES string of the molecule is CCNC(=NCc1ccc(COCC(F)(F)F)cc1)NCc1ccccc1CN(C)C.I. The van der Waals surface area contributed by atoms with Crippen molar-refractivity contribution in [1.29, 1.82) is 0 Å². The summed E-state index contributed by atoms with van der Waals surface area (Å²) in [4.78, 5) is 6.75. The molecule has 0 radical (unpaired) electrons. The lowest BCUT2D eigenvalue weighted by Gasteiger charge is -2.16. The molecule has 2 N–H and O–H groups in total. The quantitative estimate of drug-likeness (QED) is 0.250. The summed E-state index contributed by atoms with van der Waals surface area (Å²) in [7, 11) is 4.09. The van der Waals surface area contributed by atoms with Gasteiger partial charge in [-0.3, -0.25) is 0 Å². The molecular weight excluding hydrogens is 532 g/mol. The number of alkyl halides is 3. The third kappa shape index (κ3) is 11.1. The van der Waals surface area contributed by atoms with E-state index in [1.165, 1.54) is 11.1 Å². The van der Waals surface area contributed by atoms with Crippen molar-refractivity contribution in [3.05, 3.63) is 70.8 Å². The number of hydrogen-bond acceptors (Lipinski definition) is 3. The lowest BCUT2D eigenvalue weighted by Crippen LogP contribution is -2.37. The lowest BCUT2D eigenvalue weighted by atomic mass is 10.1. The average molecular weight is 564 g/mol. The number of ether oxygens (including phenoxy) is 1. The van der Waals surface area contributed by atoms with Crippen LogP contribution in [-0.4, -0.2) is 44.3 Å². The van der Waals surface area contributed by atoms with E-state index in [2.05, 4.69) is 37.4 Å². The summed E-state index contributed by atoms with van der Waals surface area (Å²) in [5.74, 6) is 0.708. The van der Waals surface area contributed by atoms with Crippen LogP contribution in [0.1, 0.15) is 29.2 Å². The van der Waals surface area contributed by atoms with Gasteiger partial charge >= 0.3 is 6.18 Å². The summed E-state index contributed by atoms with van der Waals surface area (Å²) in [5, 5.41) is 6.61. The molecule has 0 bridgehead atoms. The molecule has 2 rings (SSSR count). The number of benzene rings is 2. The monoisotopic (exact) mass is 564 g/mol. The summed E-state index contributed by atoms with van der Waals surface area (Å²) >= 11 is 0. The molecule has 9 heteroatoms. The van der Waals surface area contributed by atoms with Crippen molar-refractivity contribution in [1.82, 2.24) is 15.5 Å². The zero-order valence-electron chi connectivity index (χ0n) is 18.7. The summed E-state index contributed by atoms with van der Waals surface area (Å²) in [5.41, 5.74) is 4.13. The Hall–Kier alpha value is -1.85. The van der Waals surface area contributed by atoms with Crippen molar-refractivity contribution in [3.8, 4) is 0 Å². The minimum absolute atomic E-state index is 0. The van der Waals surface area contributed by atoms with E-state index in [0.29, 0.717) is 24.6 Å². The van der Waals surface area contributed by atoms with Crippen LogP contribution in [0.25, 0.3) is 0 Å². The van der Waals surface area contributed by atoms with Crippen molar-refractivity contribution in [2.45, 2.75) is 39.3 Å². The minimum Gasteiger partial charge on any atom is -0.367 e. The lowest BCUT2D eigenvalue weighted by molar-refractivity contribution is -0.176. The fourth-order valence-electron chi connectivity index (χ4n) is 2.94. The third-order valence-corrected chi connectivity index (χ3v) is 4.37. The van der Waals surface area contributed by atoms with E-state index in [9.17, 15) is 13.2 Å². The smallest absolute Gasteiger partial charge is 0.367 e. The molecule has 178 valence electrons. The summed E-state index contributed by atoms with van der Waals surface area (Å²) < 4.78 is 41.2. The Labute approximate surface area is 205 Å². The number of hydrogen-bond donors (Lipinski definition) is 2. The first kappa shape index (κ1) is 28.2. The molecule has 0 atom stereocenters. The Balaban J connectivity index is 0.00000512. The van der Waals surface area contributed by atoms with Gasteiger partial charge in [0.1, 0.15) is 6.61 Å². The fraction of sp³-hybridized carbons (Fsp3) is 0.435. The first-order valence-corrected chi connectivity index (χ1v) is 10.2. The van der Waals surface area contributed by atoms with Gasteiger partial charge in [0.05, 0.1) is 13.2 Å². The summed E-state index contributed by atoms with van der Waals surface area (Å²) in [6, 6.07) is 15.5. The second-order valence-corrected chi connectivity index (χ2v) is 7.48. The van der Waals surface area contributed by atoms with Gasteiger partial charge in [0.15, 0.2) is 5.96 Å². The van der Waals surface area contributed by atoms with Crippen LogP contribution in [0.15, 0.2) is 53.5 Å². The highest BCUT2D eigenvalue weighted by atomic mass is 127. The second kappa shape index (κ2) is 14.3. The third-order valence-electron chi connectivity index (χ3n) is 4.37. The Morgan fingerprint density at radius 3 is 2.19 bits per heavy atom. The maximum atomic E-state index is 12.2. The number of nitrogens with one attached hydrogen (secondary N) is 2. The van der Waals surface area contributed by atoms with Crippen LogP contribution in [0, 0.1) is 0 Å². The molecule has 5 nitrogen and oxygen atoms in total. The summed E-state index contributed by atoms with van der Waals surface area (Å²) in [6.45, 7) is 3.41. The average Bonchev–Trinajstić information content (AvgIpc) is 2.71. The van der Waals surface area contributed by atoms with Gasteiger partial charge in [-0.05, 0) is 43.3 Å². The predicted molar refractivity (Wildman–Crippen MR) is 133 cm³/mol. The van der Waals surface area contributed by atoms with Gasteiger partial charge in [-0.2, -0.15) is 13.2 Å². The first-order chi connectivity index (χ1) is 14.8. The van der Waals surface area contributed by atoms with Crippen molar-refractivity contribution < 1.29 is 17.9 Å². The molecular formula is C23H32F3IN4O. The minimum atomic E-state index is -4.31. The van der Waals surface area contributed by atoms with Gasteiger partial charge in [-0.1, -0.05) is 48.5 Å². The molecule has 0 aromatic heterocycles. The van der Waals surface area contributed by atoms with Crippen LogP contribution in [0.4, 0.5) is 13.2 Å². The van der Waals surface area contributed by atoms with E-state index < -0.39 is 12.8 Å². The van der Waals surface area contributed by atoms with Crippen LogP contribution in [0.2, 0.25) is 0 Å². The maximum Gasteiger partial charge on any atom is 0.411 e. The maximum absolute atomic E-state index is 12.2. The predicted octanol–water partition coefficient (Wildman–Crippen LogP) is 4.70. The largest absolute Gasteiger partial charge is 0.411 e. The van der Waals surface area contributed by atoms with Crippen LogP contribution in [0.5, 0.6) is 0 Å². The number of rotatable bonds is 10. The standard InChI is InChI=1S/C23H31F3N4O.HI/c1-4-27-22(29-14-20-7-5-6-8-21(20)15-30(2)3)28-13-18-9-11-19(12-10-18)16-31-17-23(24,25)26;/h5-12H,4,13-17H2,1-3H3,(H2,27,28,29);1H. The molecule has 2 aromatic rings. The molecule has 0 fully saturated rings. The van der Waals surface area contributed by atoms with Crippen molar-refractivity contribution >= 4 is 29.9 Å². The molecule has 0 amide bonds. The van der Waals surface area contributed by atoms with E-state index in [1.54, 1.807) is 12.1 Å². The van der Waals surface area contributed by atoms with Crippen LogP contribution in [0.3, 0.4) is 0 Å². The molecule has 0 saturated heterocycles. The van der Waals surface area contributed by atoms with Crippen molar-refractivity contribution in [2.75, 3.05) is 27.2 Å². The molecule has 0 unspecified atom stereocenters. The summed E-state index contributed by atoms with van der Waals surface area (Å²) in [6.07, 6.45) is -4.31. The molecule has 0 saturated carbocycles. The zero-order valence-corrected chi connectivity index (χ0v) is 21.0. The Morgan fingerprint density at radius 2 is 1.59 bits per heavy atom. The normalized spacial score (nSPS) is 11.9. The van der Waals surface area contributed by atoms with Crippen LogP contribution >= 0.6 is 24.0 Å². The molecule has 32 heavy (non-hydrogen) atoms. The van der Waals surface area contributed by atoms with Crippen molar-refractivity contribution in [3.63, 3.8) is 0 Å². The van der Waals surface area contributed by atoms with E-state index in [-0.39, 0.29) is 30.6 Å². The molecule has 2 aromatic carbocycles. The Morgan fingerprint density at radius 1 is 0.969 bits per heavy atom. The Kier molecular flexibility index (Phi) is 12.6. The second-order valence-electron chi connectivity index (χ2n) is 7.48. The van der Waals surface area contributed by atoms with E-state index in [1.807, 2.05) is 45.3 Å². The molecule has 0 heterocycles. The highest BCUT2D eigenvalue weighted by molar-refractivity contribution is 14.0. The van der Waals surface area contributed by atoms with Gasteiger partial charge < -0.3 is 20.3 Å². The number of halogens is 4. The van der Waals surface area contributed by atoms with Gasteiger partial charge in [-0.15, -0.1) is 24.0 Å². The van der Waals surface area contributed by atoms with Gasteiger partial charge in [0.2, 0.25) is 0 Å². The van der Waals surface area contributed by atoms with E-state index in [4.69, 9.17) is 0 Å². The van der Waals surface area contributed by atoms with Gasteiger partial charge in [-0.25, -0.2) is 4.99 Å². The first-order valence-electron chi connectivity index (χ1n) is 10.2. The van der Waals surface area contributed by atoms with Crippen LogP contribution < -0.4 is 10.6 Å². The van der Waals surface area contributed by atoms with Crippen molar-refractivity contribution in [2.24, 2.45) is 4.99 Å². The highest BCUT2D eigenvalue weighted by Crippen LogP contribution is 2.16. The molecule has 0 aliphatic carbocycles. The fourth-order valence-corrected chi connectivity index (χ4v) is 2.94. The zero-order chi connectivity index (χ0) is 22.7. The van der Waals surface area contributed by atoms with Gasteiger partial charge in [0, 0.05) is 19.6 Å². The van der Waals surface area contributed by atoms with E-state index in [0.717, 1.165) is 18.7 Å². The molecule has 0 aliphatic heterocycles. The molecule has 0 spiro atoms. The number of guanidine groups is 1. The van der Waals surface area contributed by atoms with Crippen LogP contribution in [-0.2, 0) is 31.0 Å². The van der Waals surface area contributed by atoms with Gasteiger partial charge in [0.25, 0.3) is 0 Å². The highest BCUT2D eigenvalue weighted by Gasteiger charge is 2.27.